The molecule has 0 aliphatic heterocycles. The van der Waals surface area contributed by atoms with Crippen LogP contribution in [0.4, 0.5) is 0 Å². The van der Waals surface area contributed by atoms with E-state index in [2.05, 4.69) is 59.9 Å². The Hall–Kier alpha value is -1.45. The first-order chi connectivity index (χ1) is 9.69. The molecule has 0 saturated carbocycles. The fourth-order valence-corrected chi connectivity index (χ4v) is 3.06. The Morgan fingerprint density at radius 1 is 1.35 bits per heavy atom. The van der Waals surface area contributed by atoms with Gasteiger partial charge in [-0.25, -0.2) is 4.98 Å². The number of aryl methyl sites for hydroxylation is 1. The van der Waals surface area contributed by atoms with Crippen LogP contribution in [0.1, 0.15) is 42.6 Å². The van der Waals surface area contributed by atoms with Crippen LogP contribution in [-0.4, -0.2) is 11.5 Å². The molecule has 3 heteroatoms. The van der Waals surface area contributed by atoms with Crippen LogP contribution in [0.15, 0.2) is 41.3 Å². The van der Waals surface area contributed by atoms with Crippen LogP contribution in [-0.2, 0) is 0 Å². The summed E-state index contributed by atoms with van der Waals surface area (Å²) in [6.45, 7) is 7.31. The molecule has 0 spiro atoms. The molecule has 1 heterocycles. The van der Waals surface area contributed by atoms with Crippen LogP contribution in [0.2, 0.25) is 0 Å². The molecule has 0 bridgehead atoms. The number of hydrogen-bond donors (Lipinski definition) is 1. The maximum Gasteiger partial charge on any atom is 0.110 e. The number of thiazole rings is 1. The fourth-order valence-electron chi connectivity index (χ4n) is 2.11. The van der Waals surface area contributed by atoms with Crippen LogP contribution >= 0.6 is 11.3 Å². The summed E-state index contributed by atoms with van der Waals surface area (Å²) < 4.78 is 0. The molecule has 1 aromatic carbocycles. The minimum atomic E-state index is 0.354. The highest BCUT2D eigenvalue weighted by Gasteiger charge is 2.11. The Kier molecular flexibility index (Phi) is 5.50. The Balaban J connectivity index is 1.95. The van der Waals surface area contributed by atoms with E-state index < -0.39 is 0 Å². The van der Waals surface area contributed by atoms with Gasteiger partial charge >= 0.3 is 0 Å². The summed E-state index contributed by atoms with van der Waals surface area (Å²) in [5.74, 6) is 0. The van der Waals surface area contributed by atoms with Crippen LogP contribution in [0, 0.1) is 6.92 Å². The van der Waals surface area contributed by atoms with Gasteiger partial charge in [0, 0.05) is 17.6 Å². The molecule has 1 aromatic heterocycles. The lowest BCUT2D eigenvalue weighted by molar-refractivity contribution is 0.541. The summed E-state index contributed by atoms with van der Waals surface area (Å²) in [4.78, 5) is 4.58. The first-order valence-electron chi connectivity index (χ1n) is 7.06. The van der Waals surface area contributed by atoms with Gasteiger partial charge < -0.3 is 5.32 Å². The fraction of sp³-hybridized carbons (Fsp3) is 0.353. The molecule has 20 heavy (non-hydrogen) atoms. The number of benzene rings is 1. The third-order valence-corrected chi connectivity index (χ3v) is 4.26. The van der Waals surface area contributed by atoms with Gasteiger partial charge in [-0.05, 0) is 25.8 Å². The number of nitrogens with one attached hydrogen (secondary N) is 1. The van der Waals surface area contributed by atoms with Crippen molar-refractivity contribution in [2.45, 2.75) is 33.2 Å². The number of hydrogen-bond acceptors (Lipinski definition) is 3. The van der Waals surface area contributed by atoms with Crippen molar-refractivity contribution < 1.29 is 0 Å². The van der Waals surface area contributed by atoms with Gasteiger partial charge in [0.15, 0.2) is 0 Å². The molecule has 1 N–H and O–H groups in total. The summed E-state index contributed by atoms with van der Waals surface area (Å²) in [7, 11) is 0. The van der Waals surface area contributed by atoms with Crippen LogP contribution in [0.5, 0.6) is 0 Å². The molecule has 1 atom stereocenters. The minimum absolute atomic E-state index is 0.354. The second-order valence-corrected chi connectivity index (χ2v) is 5.96. The molecule has 106 valence electrons. The van der Waals surface area contributed by atoms with Gasteiger partial charge in [-0.15, -0.1) is 11.3 Å². The molecular formula is C17H22N2S. The maximum atomic E-state index is 4.58. The van der Waals surface area contributed by atoms with Crippen LogP contribution < -0.4 is 5.32 Å². The monoisotopic (exact) mass is 286 g/mol. The van der Waals surface area contributed by atoms with E-state index in [1.165, 1.54) is 16.1 Å². The molecule has 1 unspecified atom stereocenters. The molecule has 0 saturated heterocycles. The smallest absolute Gasteiger partial charge is 0.110 e. The number of nitrogens with zero attached hydrogens (tertiary/aromatic N) is 1. The van der Waals surface area contributed by atoms with Gasteiger partial charge in [-0.1, -0.05) is 48.9 Å². The number of rotatable bonds is 6. The highest BCUT2D eigenvalue weighted by molar-refractivity contribution is 7.09. The van der Waals surface area contributed by atoms with E-state index in [4.69, 9.17) is 0 Å². The zero-order chi connectivity index (χ0) is 14.4. The van der Waals surface area contributed by atoms with Gasteiger partial charge in [0.2, 0.25) is 0 Å². The lowest BCUT2D eigenvalue weighted by atomic mass is 10.1. The van der Waals surface area contributed by atoms with Crippen LogP contribution in [0.3, 0.4) is 0 Å². The minimum Gasteiger partial charge on any atom is -0.304 e. The molecule has 0 amide bonds. The molecular weight excluding hydrogens is 264 g/mol. The summed E-state index contributed by atoms with van der Waals surface area (Å²) in [5.41, 5.74) is 3.70. The molecule has 2 rings (SSSR count). The van der Waals surface area contributed by atoms with Crippen molar-refractivity contribution in [1.82, 2.24) is 10.3 Å². The second kappa shape index (κ2) is 7.36. The first-order valence-corrected chi connectivity index (χ1v) is 7.94. The van der Waals surface area contributed by atoms with Gasteiger partial charge in [-0.2, -0.15) is 0 Å². The molecule has 0 fully saturated rings. The van der Waals surface area contributed by atoms with Crippen molar-refractivity contribution in [2.75, 3.05) is 6.54 Å². The molecule has 2 nitrogen and oxygen atoms in total. The van der Waals surface area contributed by atoms with E-state index in [0.717, 1.165) is 18.7 Å². The van der Waals surface area contributed by atoms with Crippen molar-refractivity contribution in [2.24, 2.45) is 0 Å². The van der Waals surface area contributed by atoms with Gasteiger partial charge in [-0.3, -0.25) is 0 Å². The zero-order valence-electron chi connectivity index (χ0n) is 12.4. The van der Waals surface area contributed by atoms with Crippen molar-refractivity contribution in [1.29, 1.82) is 0 Å². The van der Waals surface area contributed by atoms with Gasteiger partial charge in [0.1, 0.15) is 5.01 Å². The Morgan fingerprint density at radius 3 is 2.70 bits per heavy atom. The quantitative estimate of drug-likeness (QED) is 0.839. The second-order valence-electron chi connectivity index (χ2n) is 5.07. The van der Waals surface area contributed by atoms with E-state index in [1.807, 2.05) is 13.0 Å². The molecule has 0 aliphatic carbocycles. The predicted molar refractivity (Wildman–Crippen MR) is 88.0 cm³/mol. The highest BCUT2D eigenvalue weighted by atomic mass is 32.1. The van der Waals surface area contributed by atoms with Crippen molar-refractivity contribution in [3.8, 4) is 0 Å². The SMILES string of the molecule is CCC(NC/C(C)=C/c1ccccc1)c1nc(C)cs1. The van der Waals surface area contributed by atoms with Crippen molar-refractivity contribution >= 4 is 17.4 Å². The van der Waals surface area contributed by atoms with E-state index in [-0.39, 0.29) is 0 Å². The lowest BCUT2D eigenvalue weighted by Crippen LogP contribution is -2.22. The van der Waals surface area contributed by atoms with Crippen molar-refractivity contribution in [3.63, 3.8) is 0 Å². The Bertz CT molecular complexity index is 557. The topological polar surface area (TPSA) is 24.9 Å². The predicted octanol–water partition coefficient (Wildman–Crippen LogP) is 4.60. The van der Waals surface area contributed by atoms with Gasteiger partial charge in [0.05, 0.1) is 6.04 Å². The summed E-state index contributed by atoms with van der Waals surface area (Å²) in [6.07, 6.45) is 3.29. The molecule has 0 aliphatic rings. The number of aromatic nitrogens is 1. The summed E-state index contributed by atoms with van der Waals surface area (Å²) in [5, 5.41) is 6.91. The van der Waals surface area contributed by atoms with E-state index in [1.54, 1.807) is 11.3 Å². The summed E-state index contributed by atoms with van der Waals surface area (Å²) in [6, 6.07) is 10.8. The van der Waals surface area contributed by atoms with E-state index >= 15 is 0 Å². The van der Waals surface area contributed by atoms with Crippen LogP contribution in [0.25, 0.3) is 6.08 Å². The third-order valence-electron chi connectivity index (χ3n) is 3.18. The summed E-state index contributed by atoms with van der Waals surface area (Å²) >= 11 is 1.74. The normalized spacial score (nSPS) is 13.4. The Morgan fingerprint density at radius 2 is 2.10 bits per heavy atom. The first kappa shape index (κ1) is 14.9. The largest absolute Gasteiger partial charge is 0.304 e. The highest BCUT2D eigenvalue weighted by Crippen LogP contribution is 2.21. The zero-order valence-corrected chi connectivity index (χ0v) is 13.2. The van der Waals surface area contributed by atoms with Gasteiger partial charge in [0.25, 0.3) is 0 Å². The average molecular weight is 286 g/mol. The Labute approximate surface area is 125 Å². The molecule has 2 aromatic rings. The molecule has 0 radical (unpaired) electrons. The van der Waals surface area contributed by atoms with E-state index in [9.17, 15) is 0 Å². The average Bonchev–Trinajstić information content (AvgIpc) is 2.87. The lowest BCUT2D eigenvalue weighted by Gasteiger charge is -2.14. The standard InChI is InChI=1S/C17H22N2S/c1-4-16(17-19-14(3)12-20-17)18-11-13(2)10-15-8-6-5-7-9-15/h5-10,12,16,18H,4,11H2,1-3H3/b13-10+. The van der Waals surface area contributed by atoms with Crippen molar-refractivity contribution in [3.05, 3.63) is 57.6 Å². The third kappa shape index (κ3) is 4.29. The van der Waals surface area contributed by atoms with E-state index in [0.29, 0.717) is 6.04 Å². The maximum absolute atomic E-state index is 4.58.